The zero-order valence-electron chi connectivity index (χ0n) is 11.7. The number of fused-ring (bicyclic) bond motifs is 1. The van der Waals surface area contributed by atoms with Gasteiger partial charge in [-0.05, 0) is 44.2 Å². The molecule has 3 nitrogen and oxygen atoms in total. The first-order valence-corrected chi connectivity index (χ1v) is 6.82. The number of aromatic nitrogens is 2. The van der Waals surface area contributed by atoms with Gasteiger partial charge in [0.25, 0.3) is 0 Å². The Kier molecular flexibility index (Phi) is 3.33. The van der Waals surface area contributed by atoms with Gasteiger partial charge >= 0.3 is 0 Å². The van der Waals surface area contributed by atoms with Crippen molar-refractivity contribution in [2.45, 2.75) is 19.9 Å². The summed E-state index contributed by atoms with van der Waals surface area (Å²) in [4.78, 5) is 11.3. The SMILES string of the molecule is CC(C)N(c1ccccn1)c1ccc2ccccc2n1. The molecule has 0 atom stereocenters. The molecule has 0 radical (unpaired) electrons. The maximum Gasteiger partial charge on any atom is 0.135 e. The van der Waals surface area contributed by atoms with Crippen LogP contribution in [0.25, 0.3) is 10.9 Å². The van der Waals surface area contributed by atoms with Gasteiger partial charge in [-0.25, -0.2) is 9.97 Å². The van der Waals surface area contributed by atoms with Crippen LogP contribution in [-0.2, 0) is 0 Å². The van der Waals surface area contributed by atoms with Crippen molar-refractivity contribution in [3.05, 3.63) is 60.8 Å². The molecule has 0 saturated carbocycles. The number of benzene rings is 1. The van der Waals surface area contributed by atoms with Crippen molar-refractivity contribution < 1.29 is 0 Å². The smallest absolute Gasteiger partial charge is 0.135 e. The van der Waals surface area contributed by atoms with E-state index in [0.717, 1.165) is 22.5 Å². The lowest BCUT2D eigenvalue weighted by Gasteiger charge is -2.27. The van der Waals surface area contributed by atoms with E-state index >= 15 is 0 Å². The first-order chi connectivity index (χ1) is 9.75. The largest absolute Gasteiger partial charge is 0.308 e. The number of hydrogen-bond acceptors (Lipinski definition) is 3. The molecular formula is C17H17N3. The van der Waals surface area contributed by atoms with Gasteiger partial charge in [0.2, 0.25) is 0 Å². The maximum absolute atomic E-state index is 4.76. The van der Waals surface area contributed by atoms with Gasteiger partial charge in [0.1, 0.15) is 11.6 Å². The predicted molar refractivity (Wildman–Crippen MR) is 83.3 cm³/mol. The standard InChI is InChI=1S/C17H17N3/c1-13(2)20(16-9-5-6-12-18-16)17-11-10-14-7-3-4-8-15(14)19-17/h3-13H,1-2H3. The maximum atomic E-state index is 4.76. The normalized spacial score (nSPS) is 10.9. The van der Waals surface area contributed by atoms with Crippen LogP contribution in [0.5, 0.6) is 0 Å². The number of anilines is 2. The number of rotatable bonds is 3. The van der Waals surface area contributed by atoms with E-state index in [1.807, 2.05) is 42.6 Å². The highest BCUT2D eigenvalue weighted by atomic mass is 15.2. The topological polar surface area (TPSA) is 29.0 Å². The third-order valence-corrected chi connectivity index (χ3v) is 3.24. The summed E-state index contributed by atoms with van der Waals surface area (Å²) in [5, 5.41) is 1.15. The van der Waals surface area contributed by atoms with Crippen molar-refractivity contribution in [1.82, 2.24) is 9.97 Å². The highest BCUT2D eigenvalue weighted by Gasteiger charge is 2.15. The molecular weight excluding hydrogens is 246 g/mol. The third kappa shape index (κ3) is 2.35. The molecule has 0 aliphatic rings. The summed E-state index contributed by atoms with van der Waals surface area (Å²) < 4.78 is 0. The van der Waals surface area contributed by atoms with E-state index in [2.05, 4.69) is 41.9 Å². The van der Waals surface area contributed by atoms with E-state index in [4.69, 9.17) is 4.98 Å². The van der Waals surface area contributed by atoms with Crippen molar-refractivity contribution >= 4 is 22.5 Å². The summed E-state index contributed by atoms with van der Waals surface area (Å²) in [6, 6.07) is 18.5. The first kappa shape index (κ1) is 12.6. The second kappa shape index (κ2) is 5.29. The molecule has 3 aromatic rings. The second-order valence-corrected chi connectivity index (χ2v) is 5.01. The number of hydrogen-bond donors (Lipinski definition) is 0. The minimum absolute atomic E-state index is 0.290. The van der Waals surface area contributed by atoms with Crippen LogP contribution in [0.4, 0.5) is 11.6 Å². The predicted octanol–water partition coefficient (Wildman–Crippen LogP) is 4.18. The summed E-state index contributed by atoms with van der Waals surface area (Å²) in [5.41, 5.74) is 1.01. The molecule has 2 heterocycles. The zero-order chi connectivity index (χ0) is 13.9. The summed E-state index contributed by atoms with van der Waals surface area (Å²) in [7, 11) is 0. The van der Waals surface area contributed by atoms with Crippen molar-refractivity contribution in [2.24, 2.45) is 0 Å². The first-order valence-electron chi connectivity index (χ1n) is 6.82. The Morgan fingerprint density at radius 2 is 1.65 bits per heavy atom. The fourth-order valence-electron chi connectivity index (χ4n) is 2.33. The lowest BCUT2D eigenvalue weighted by molar-refractivity contribution is 0.768. The second-order valence-electron chi connectivity index (χ2n) is 5.01. The number of pyridine rings is 2. The van der Waals surface area contributed by atoms with Crippen molar-refractivity contribution in [1.29, 1.82) is 0 Å². The highest BCUT2D eigenvalue weighted by molar-refractivity contribution is 5.81. The van der Waals surface area contributed by atoms with E-state index < -0.39 is 0 Å². The summed E-state index contributed by atoms with van der Waals surface area (Å²) in [6.45, 7) is 4.29. The molecule has 2 aromatic heterocycles. The third-order valence-electron chi connectivity index (χ3n) is 3.24. The average molecular weight is 263 g/mol. The molecule has 0 aliphatic heterocycles. The summed E-state index contributed by atoms with van der Waals surface area (Å²) in [6.07, 6.45) is 1.81. The van der Waals surface area contributed by atoms with Crippen LogP contribution in [0.3, 0.4) is 0 Å². The lowest BCUT2D eigenvalue weighted by Crippen LogP contribution is -2.27. The molecule has 0 bridgehead atoms. The van der Waals surface area contributed by atoms with E-state index in [1.54, 1.807) is 0 Å². The molecule has 0 fully saturated rings. The Morgan fingerprint density at radius 1 is 0.850 bits per heavy atom. The molecule has 0 spiro atoms. The van der Waals surface area contributed by atoms with E-state index in [0.29, 0.717) is 6.04 Å². The van der Waals surface area contributed by atoms with Crippen LogP contribution in [-0.4, -0.2) is 16.0 Å². The van der Waals surface area contributed by atoms with Crippen LogP contribution < -0.4 is 4.90 Å². The highest BCUT2D eigenvalue weighted by Crippen LogP contribution is 2.26. The fraction of sp³-hybridized carbons (Fsp3) is 0.176. The Balaban J connectivity index is 2.10. The molecule has 3 rings (SSSR count). The van der Waals surface area contributed by atoms with Crippen LogP contribution >= 0.6 is 0 Å². The number of nitrogens with zero attached hydrogens (tertiary/aromatic N) is 3. The minimum Gasteiger partial charge on any atom is -0.308 e. The van der Waals surface area contributed by atoms with Crippen LogP contribution in [0, 0.1) is 0 Å². The molecule has 1 aromatic carbocycles. The van der Waals surface area contributed by atoms with Crippen LogP contribution in [0.1, 0.15) is 13.8 Å². The summed E-state index contributed by atoms with van der Waals surface area (Å²) >= 11 is 0. The van der Waals surface area contributed by atoms with Gasteiger partial charge in [-0.15, -0.1) is 0 Å². The molecule has 0 saturated heterocycles. The van der Waals surface area contributed by atoms with Crippen LogP contribution in [0.2, 0.25) is 0 Å². The Labute approximate surface area is 118 Å². The van der Waals surface area contributed by atoms with Gasteiger partial charge < -0.3 is 4.90 Å². The fourth-order valence-corrected chi connectivity index (χ4v) is 2.33. The Bertz CT molecular complexity index is 708. The average Bonchev–Trinajstić information content (AvgIpc) is 2.48. The van der Waals surface area contributed by atoms with Gasteiger partial charge in [0.15, 0.2) is 0 Å². The Morgan fingerprint density at radius 3 is 2.40 bits per heavy atom. The molecule has 0 unspecified atom stereocenters. The van der Waals surface area contributed by atoms with Gasteiger partial charge in [0.05, 0.1) is 5.52 Å². The van der Waals surface area contributed by atoms with Gasteiger partial charge in [-0.3, -0.25) is 0 Å². The molecule has 0 aliphatic carbocycles. The van der Waals surface area contributed by atoms with E-state index in [1.165, 1.54) is 0 Å². The van der Waals surface area contributed by atoms with Gasteiger partial charge in [-0.1, -0.05) is 24.3 Å². The zero-order valence-corrected chi connectivity index (χ0v) is 11.7. The lowest BCUT2D eigenvalue weighted by atomic mass is 10.2. The molecule has 100 valence electrons. The minimum atomic E-state index is 0.290. The summed E-state index contributed by atoms with van der Waals surface area (Å²) in [5.74, 6) is 1.85. The number of para-hydroxylation sites is 1. The molecule has 0 amide bonds. The van der Waals surface area contributed by atoms with Gasteiger partial charge in [0, 0.05) is 17.6 Å². The van der Waals surface area contributed by atoms with Crippen LogP contribution in [0.15, 0.2) is 60.8 Å². The molecule has 3 heteroatoms. The van der Waals surface area contributed by atoms with E-state index in [9.17, 15) is 0 Å². The molecule has 20 heavy (non-hydrogen) atoms. The Hall–Kier alpha value is -2.42. The van der Waals surface area contributed by atoms with E-state index in [-0.39, 0.29) is 0 Å². The van der Waals surface area contributed by atoms with Gasteiger partial charge in [-0.2, -0.15) is 0 Å². The van der Waals surface area contributed by atoms with Crippen molar-refractivity contribution in [2.75, 3.05) is 4.90 Å². The van der Waals surface area contributed by atoms with Crippen molar-refractivity contribution in [3.63, 3.8) is 0 Å². The molecule has 0 N–H and O–H groups in total. The van der Waals surface area contributed by atoms with Crippen molar-refractivity contribution in [3.8, 4) is 0 Å². The monoisotopic (exact) mass is 263 g/mol. The quantitative estimate of drug-likeness (QED) is 0.710.